The zero-order valence-corrected chi connectivity index (χ0v) is 21.3. The van der Waals surface area contributed by atoms with E-state index in [-0.39, 0.29) is 5.92 Å². The first-order valence-electron chi connectivity index (χ1n) is 13.6. The fourth-order valence-electron chi connectivity index (χ4n) is 6.33. The second-order valence-electron chi connectivity index (χ2n) is 10.8. The van der Waals surface area contributed by atoms with E-state index in [0.29, 0.717) is 23.6 Å². The van der Waals surface area contributed by atoms with Crippen LogP contribution in [0.5, 0.6) is 5.75 Å². The number of rotatable bonds is 8. The van der Waals surface area contributed by atoms with Gasteiger partial charge in [0.15, 0.2) is 17.5 Å². The van der Waals surface area contributed by atoms with E-state index in [1.165, 1.54) is 51.4 Å². The Kier molecular flexibility index (Phi) is 9.25. The summed E-state index contributed by atoms with van der Waals surface area (Å²) >= 11 is 0. The minimum Gasteiger partial charge on any atom is -0.423 e. The molecule has 0 bridgehead atoms. The van der Waals surface area contributed by atoms with Crippen LogP contribution in [0.25, 0.3) is 0 Å². The summed E-state index contributed by atoms with van der Waals surface area (Å²) in [4.78, 5) is 12.3. The molecule has 0 amide bonds. The van der Waals surface area contributed by atoms with Crippen LogP contribution in [0.3, 0.4) is 0 Å². The first-order chi connectivity index (χ1) is 17.8. The lowest BCUT2D eigenvalue weighted by molar-refractivity contribution is 0.0723. The van der Waals surface area contributed by atoms with Crippen LogP contribution in [0.15, 0.2) is 24.3 Å². The molecule has 2 aromatic rings. The molecular weight excluding hydrogens is 487 g/mol. The Balaban J connectivity index is 1.33. The van der Waals surface area contributed by atoms with Crippen LogP contribution in [0.2, 0.25) is 0 Å². The summed E-state index contributed by atoms with van der Waals surface area (Å²) in [5.74, 6) is -6.90. The Morgan fingerprint density at radius 3 is 1.84 bits per heavy atom. The summed E-state index contributed by atoms with van der Waals surface area (Å²) in [6, 6.07) is 3.19. The van der Waals surface area contributed by atoms with Crippen LogP contribution in [-0.2, 0) is 0 Å². The maximum Gasteiger partial charge on any atom is 0.349 e. The highest BCUT2D eigenvalue weighted by atomic mass is 19.2. The number of ether oxygens (including phenoxy) is 1. The van der Waals surface area contributed by atoms with Crippen LogP contribution in [-0.4, -0.2) is 5.97 Å². The number of halogens is 5. The first-order valence-corrected chi connectivity index (χ1v) is 13.6. The quantitative estimate of drug-likeness (QED) is 0.114. The van der Waals surface area contributed by atoms with E-state index in [4.69, 9.17) is 4.74 Å². The molecule has 2 nitrogen and oxygen atoms in total. The predicted molar refractivity (Wildman–Crippen MR) is 132 cm³/mol. The molecule has 37 heavy (non-hydrogen) atoms. The van der Waals surface area contributed by atoms with Crippen molar-refractivity contribution in [3.63, 3.8) is 0 Å². The van der Waals surface area contributed by atoms with Gasteiger partial charge in [-0.1, -0.05) is 45.4 Å². The van der Waals surface area contributed by atoms with Crippen molar-refractivity contribution in [1.82, 2.24) is 0 Å². The molecule has 7 heteroatoms. The van der Waals surface area contributed by atoms with Gasteiger partial charge >= 0.3 is 5.97 Å². The zero-order valence-electron chi connectivity index (χ0n) is 21.3. The monoisotopic (exact) mass is 522 g/mol. The van der Waals surface area contributed by atoms with Crippen LogP contribution in [0.4, 0.5) is 22.0 Å². The Hall–Kier alpha value is -2.44. The lowest BCUT2D eigenvalue weighted by Gasteiger charge is -2.38. The van der Waals surface area contributed by atoms with Gasteiger partial charge < -0.3 is 4.74 Å². The van der Waals surface area contributed by atoms with Crippen molar-refractivity contribution in [1.29, 1.82) is 0 Å². The molecule has 0 heterocycles. The number of carbonyl (C=O) groups excluding carboxylic acids is 1. The van der Waals surface area contributed by atoms with Crippen LogP contribution in [0.1, 0.15) is 106 Å². The smallest absolute Gasteiger partial charge is 0.349 e. The number of benzene rings is 2. The summed E-state index contributed by atoms with van der Waals surface area (Å²) in [6.45, 7) is 2.24. The minimum atomic E-state index is -1.73. The third kappa shape index (κ3) is 6.71. The van der Waals surface area contributed by atoms with E-state index < -0.39 is 46.4 Å². The lowest BCUT2D eigenvalue weighted by Crippen LogP contribution is -2.25. The van der Waals surface area contributed by atoms with Crippen molar-refractivity contribution in [2.45, 2.75) is 89.9 Å². The summed E-state index contributed by atoms with van der Waals surface area (Å²) in [5.41, 5.74) is -0.443. The summed E-state index contributed by atoms with van der Waals surface area (Å²) < 4.78 is 74.2. The van der Waals surface area contributed by atoms with Crippen molar-refractivity contribution in [3.8, 4) is 5.75 Å². The van der Waals surface area contributed by atoms with E-state index in [1.54, 1.807) is 0 Å². The second-order valence-corrected chi connectivity index (χ2v) is 10.8. The maximum absolute atomic E-state index is 14.8. The largest absolute Gasteiger partial charge is 0.423 e. The summed E-state index contributed by atoms with van der Waals surface area (Å²) in [7, 11) is 0. The standard InChI is InChI=1S/C30H35F5O2/c1-2-3-4-5-18-6-8-19(9-7-18)20-10-12-21(13-11-20)22-14-24(31)28(25(32)15-22)30(36)37-23-16-26(33)29(35)27(34)17-23/h14-21H,2-13H2,1H3. The number of hydrogen-bond donors (Lipinski definition) is 0. The van der Waals surface area contributed by atoms with Gasteiger partial charge in [0, 0.05) is 12.1 Å². The van der Waals surface area contributed by atoms with Crippen molar-refractivity contribution < 1.29 is 31.5 Å². The summed E-state index contributed by atoms with van der Waals surface area (Å²) in [6.07, 6.45) is 14.2. The highest BCUT2D eigenvalue weighted by molar-refractivity contribution is 5.91. The van der Waals surface area contributed by atoms with E-state index in [9.17, 15) is 26.7 Å². The lowest BCUT2D eigenvalue weighted by atomic mass is 9.68. The number of unbranched alkanes of at least 4 members (excludes halogenated alkanes) is 2. The van der Waals surface area contributed by atoms with Gasteiger partial charge in [0.25, 0.3) is 0 Å². The average molecular weight is 523 g/mol. The van der Waals surface area contributed by atoms with Crippen LogP contribution >= 0.6 is 0 Å². The SMILES string of the molecule is CCCCCC1CCC(C2CCC(c3cc(F)c(C(=O)Oc4cc(F)c(F)c(F)c4)c(F)c3)CC2)CC1. The molecule has 0 spiro atoms. The minimum absolute atomic E-state index is 0.0102. The van der Waals surface area contributed by atoms with Gasteiger partial charge in [-0.05, 0) is 79.9 Å². The molecule has 2 aliphatic rings. The number of hydrogen-bond acceptors (Lipinski definition) is 2. The van der Waals surface area contributed by atoms with E-state index in [0.717, 1.165) is 49.7 Å². The van der Waals surface area contributed by atoms with Gasteiger partial charge in [-0.25, -0.2) is 26.7 Å². The molecule has 0 aromatic heterocycles. The molecule has 0 N–H and O–H groups in total. The van der Waals surface area contributed by atoms with Crippen molar-refractivity contribution in [2.24, 2.45) is 17.8 Å². The molecule has 0 saturated heterocycles. The van der Waals surface area contributed by atoms with Gasteiger partial charge in [0.1, 0.15) is 22.9 Å². The molecule has 0 atom stereocenters. The van der Waals surface area contributed by atoms with Gasteiger partial charge in [-0.15, -0.1) is 0 Å². The van der Waals surface area contributed by atoms with E-state index >= 15 is 0 Å². The van der Waals surface area contributed by atoms with Gasteiger partial charge in [0.2, 0.25) is 0 Å². The predicted octanol–water partition coefficient (Wildman–Crippen LogP) is 9.26. The normalized spacial score (nSPS) is 24.2. The average Bonchev–Trinajstić information content (AvgIpc) is 2.87. The van der Waals surface area contributed by atoms with Crippen molar-refractivity contribution in [3.05, 3.63) is 64.5 Å². The molecule has 202 valence electrons. The topological polar surface area (TPSA) is 26.3 Å². The highest BCUT2D eigenvalue weighted by Gasteiger charge is 2.32. The number of esters is 1. The molecule has 2 aliphatic carbocycles. The van der Waals surface area contributed by atoms with Gasteiger partial charge in [-0.3, -0.25) is 0 Å². The molecular formula is C30H35F5O2. The Bertz CT molecular complexity index is 1040. The Morgan fingerprint density at radius 1 is 0.757 bits per heavy atom. The zero-order chi connectivity index (χ0) is 26.5. The second kappa shape index (κ2) is 12.4. The van der Waals surface area contributed by atoms with Crippen LogP contribution < -0.4 is 4.74 Å². The number of carbonyl (C=O) groups is 1. The van der Waals surface area contributed by atoms with E-state index in [1.807, 2.05) is 0 Å². The Morgan fingerprint density at radius 2 is 1.30 bits per heavy atom. The fourth-order valence-corrected chi connectivity index (χ4v) is 6.33. The van der Waals surface area contributed by atoms with Gasteiger partial charge in [0.05, 0.1) is 0 Å². The van der Waals surface area contributed by atoms with E-state index in [2.05, 4.69) is 6.92 Å². The molecule has 0 aliphatic heterocycles. The third-order valence-electron chi connectivity index (χ3n) is 8.45. The van der Waals surface area contributed by atoms with Crippen molar-refractivity contribution in [2.75, 3.05) is 0 Å². The fraction of sp³-hybridized carbons (Fsp3) is 0.567. The third-order valence-corrected chi connectivity index (χ3v) is 8.45. The molecule has 2 saturated carbocycles. The highest BCUT2D eigenvalue weighted by Crippen LogP contribution is 2.45. The molecule has 0 unspecified atom stereocenters. The molecule has 0 radical (unpaired) electrons. The van der Waals surface area contributed by atoms with Gasteiger partial charge in [-0.2, -0.15) is 0 Å². The molecule has 2 fully saturated rings. The van der Waals surface area contributed by atoms with Crippen molar-refractivity contribution >= 4 is 5.97 Å². The van der Waals surface area contributed by atoms with Crippen LogP contribution in [0, 0.1) is 46.8 Å². The molecule has 2 aromatic carbocycles. The Labute approximate surface area is 215 Å². The maximum atomic E-state index is 14.8. The summed E-state index contributed by atoms with van der Waals surface area (Å²) in [5, 5.41) is 0. The molecule has 4 rings (SSSR count). The first kappa shape index (κ1) is 27.6.